The summed E-state index contributed by atoms with van der Waals surface area (Å²) in [7, 11) is 0. The fourth-order valence-corrected chi connectivity index (χ4v) is 3.10. The molecule has 0 saturated carbocycles. The van der Waals surface area contributed by atoms with Crippen LogP contribution in [0.4, 0.5) is 0 Å². The van der Waals surface area contributed by atoms with Gasteiger partial charge in [0.05, 0.1) is 25.2 Å². The summed E-state index contributed by atoms with van der Waals surface area (Å²) in [6.07, 6.45) is 1.90. The minimum absolute atomic E-state index is 0.0178. The Labute approximate surface area is 108 Å². The van der Waals surface area contributed by atoms with E-state index in [4.69, 9.17) is 14.6 Å². The number of ether oxygens (including phenoxy) is 2. The third kappa shape index (κ3) is 2.68. The number of nitrogens with zero attached hydrogens (tertiary/aromatic N) is 1. The SMILES string of the molecule is CC(C)N1CCCC1C1(C)OCC(CC(=O)O)O1. The van der Waals surface area contributed by atoms with Crippen LogP contribution in [0.25, 0.3) is 0 Å². The van der Waals surface area contributed by atoms with E-state index in [0.29, 0.717) is 12.6 Å². The molecule has 2 aliphatic rings. The van der Waals surface area contributed by atoms with Crippen LogP contribution >= 0.6 is 0 Å². The molecule has 104 valence electrons. The quantitative estimate of drug-likeness (QED) is 0.826. The maximum absolute atomic E-state index is 10.7. The van der Waals surface area contributed by atoms with E-state index < -0.39 is 11.8 Å². The lowest BCUT2D eigenvalue weighted by Gasteiger charge is -2.38. The Morgan fingerprint density at radius 2 is 2.28 bits per heavy atom. The van der Waals surface area contributed by atoms with Crippen molar-refractivity contribution in [1.29, 1.82) is 0 Å². The smallest absolute Gasteiger partial charge is 0.306 e. The molecule has 2 heterocycles. The first-order valence-electron chi connectivity index (χ1n) is 6.71. The number of likely N-dealkylation sites (tertiary alicyclic amines) is 1. The first-order valence-corrected chi connectivity index (χ1v) is 6.71. The van der Waals surface area contributed by atoms with Crippen molar-refractivity contribution in [3.8, 4) is 0 Å². The van der Waals surface area contributed by atoms with Gasteiger partial charge < -0.3 is 14.6 Å². The molecule has 0 aromatic carbocycles. The molecule has 0 radical (unpaired) electrons. The van der Waals surface area contributed by atoms with Gasteiger partial charge in [0.2, 0.25) is 0 Å². The van der Waals surface area contributed by atoms with Crippen LogP contribution in [-0.4, -0.2) is 53.1 Å². The molecular weight excluding hydrogens is 234 g/mol. The summed E-state index contributed by atoms with van der Waals surface area (Å²) in [4.78, 5) is 13.1. The number of carboxylic acids is 1. The summed E-state index contributed by atoms with van der Waals surface area (Å²) >= 11 is 0. The van der Waals surface area contributed by atoms with Crippen molar-refractivity contribution < 1.29 is 19.4 Å². The number of aliphatic carboxylic acids is 1. The summed E-state index contributed by atoms with van der Waals surface area (Å²) < 4.78 is 11.7. The Hall–Kier alpha value is -0.650. The normalized spacial score (nSPS) is 37.6. The Balaban J connectivity index is 2.01. The van der Waals surface area contributed by atoms with Crippen molar-refractivity contribution in [1.82, 2.24) is 4.90 Å². The molecule has 5 heteroatoms. The van der Waals surface area contributed by atoms with Crippen LogP contribution in [0.15, 0.2) is 0 Å². The highest BCUT2D eigenvalue weighted by Crippen LogP contribution is 2.37. The Bertz CT molecular complexity index is 320. The van der Waals surface area contributed by atoms with Gasteiger partial charge in [-0.15, -0.1) is 0 Å². The lowest BCUT2D eigenvalue weighted by Crippen LogP contribution is -2.51. The van der Waals surface area contributed by atoms with Gasteiger partial charge in [0, 0.05) is 6.04 Å². The predicted molar refractivity (Wildman–Crippen MR) is 66.3 cm³/mol. The highest BCUT2D eigenvalue weighted by atomic mass is 16.7. The highest BCUT2D eigenvalue weighted by molar-refractivity contribution is 5.67. The molecule has 0 bridgehead atoms. The van der Waals surface area contributed by atoms with Gasteiger partial charge in [-0.25, -0.2) is 0 Å². The number of hydrogen-bond donors (Lipinski definition) is 1. The second-order valence-electron chi connectivity index (χ2n) is 5.65. The van der Waals surface area contributed by atoms with Crippen LogP contribution in [0.3, 0.4) is 0 Å². The molecule has 2 fully saturated rings. The molecule has 2 saturated heterocycles. The topological polar surface area (TPSA) is 59.0 Å². The van der Waals surface area contributed by atoms with E-state index in [2.05, 4.69) is 18.7 Å². The first-order chi connectivity index (χ1) is 8.42. The average molecular weight is 257 g/mol. The largest absolute Gasteiger partial charge is 0.481 e. The standard InChI is InChI=1S/C13H23NO4/c1-9(2)14-6-4-5-11(14)13(3)17-8-10(18-13)7-12(15)16/h9-11H,4-8H2,1-3H3,(H,15,16). The zero-order valence-electron chi connectivity index (χ0n) is 11.4. The van der Waals surface area contributed by atoms with Crippen LogP contribution in [0.1, 0.15) is 40.0 Å². The van der Waals surface area contributed by atoms with Crippen LogP contribution in [-0.2, 0) is 14.3 Å². The molecular formula is C13H23NO4. The number of rotatable bonds is 4. The maximum Gasteiger partial charge on any atom is 0.306 e. The van der Waals surface area contributed by atoms with E-state index in [1.165, 1.54) is 0 Å². The van der Waals surface area contributed by atoms with E-state index in [0.717, 1.165) is 19.4 Å². The third-order valence-corrected chi connectivity index (χ3v) is 3.92. The summed E-state index contributed by atoms with van der Waals surface area (Å²) in [5.41, 5.74) is 0. The van der Waals surface area contributed by atoms with E-state index in [1.807, 2.05) is 6.92 Å². The third-order valence-electron chi connectivity index (χ3n) is 3.92. The molecule has 0 spiro atoms. The van der Waals surface area contributed by atoms with Gasteiger partial charge >= 0.3 is 5.97 Å². The predicted octanol–water partition coefficient (Wildman–Crippen LogP) is 1.47. The Morgan fingerprint density at radius 1 is 1.56 bits per heavy atom. The van der Waals surface area contributed by atoms with Crippen molar-refractivity contribution in [3.63, 3.8) is 0 Å². The Kier molecular flexibility index (Phi) is 3.94. The van der Waals surface area contributed by atoms with Gasteiger partial charge in [0.1, 0.15) is 0 Å². The van der Waals surface area contributed by atoms with Crippen molar-refractivity contribution in [2.45, 2.75) is 64.0 Å². The van der Waals surface area contributed by atoms with E-state index in [9.17, 15) is 4.79 Å². The van der Waals surface area contributed by atoms with Crippen LogP contribution < -0.4 is 0 Å². The lowest BCUT2D eigenvalue weighted by atomic mass is 10.1. The summed E-state index contributed by atoms with van der Waals surface area (Å²) in [5, 5.41) is 8.80. The van der Waals surface area contributed by atoms with E-state index in [1.54, 1.807) is 0 Å². The number of hydrogen-bond acceptors (Lipinski definition) is 4. The minimum atomic E-state index is -0.833. The molecule has 3 atom stereocenters. The Morgan fingerprint density at radius 3 is 2.89 bits per heavy atom. The van der Waals surface area contributed by atoms with Gasteiger partial charge in [0.25, 0.3) is 0 Å². The summed E-state index contributed by atoms with van der Waals surface area (Å²) in [5.74, 6) is -1.49. The molecule has 2 rings (SSSR count). The van der Waals surface area contributed by atoms with Gasteiger partial charge in [-0.3, -0.25) is 9.69 Å². The van der Waals surface area contributed by atoms with Crippen LogP contribution in [0.5, 0.6) is 0 Å². The van der Waals surface area contributed by atoms with E-state index >= 15 is 0 Å². The second-order valence-corrected chi connectivity index (χ2v) is 5.65. The first kappa shape index (κ1) is 13.8. The summed E-state index contributed by atoms with van der Waals surface area (Å²) in [6, 6.07) is 0.691. The molecule has 0 aromatic rings. The van der Waals surface area contributed by atoms with E-state index in [-0.39, 0.29) is 18.6 Å². The molecule has 0 aromatic heterocycles. The average Bonchev–Trinajstić information content (AvgIpc) is 2.84. The number of carbonyl (C=O) groups is 1. The lowest BCUT2D eigenvalue weighted by molar-refractivity contribution is -0.196. The van der Waals surface area contributed by atoms with Crippen molar-refractivity contribution in [3.05, 3.63) is 0 Å². The minimum Gasteiger partial charge on any atom is -0.481 e. The van der Waals surface area contributed by atoms with Gasteiger partial charge in [-0.1, -0.05) is 0 Å². The van der Waals surface area contributed by atoms with Crippen molar-refractivity contribution >= 4 is 5.97 Å². The van der Waals surface area contributed by atoms with Crippen LogP contribution in [0.2, 0.25) is 0 Å². The van der Waals surface area contributed by atoms with Gasteiger partial charge in [-0.05, 0) is 40.2 Å². The second kappa shape index (κ2) is 5.15. The molecule has 18 heavy (non-hydrogen) atoms. The molecule has 0 amide bonds. The zero-order chi connectivity index (χ0) is 13.3. The molecule has 1 N–H and O–H groups in total. The molecule has 5 nitrogen and oxygen atoms in total. The monoisotopic (exact) mass is 257 g/mol. The molecule has 2 aliphatic heterocycles. The fraction of sp³-hybridized carbons (Fsp3) is 0.923. The van der Waals surface area contributed by atoms with Crippen LogP contribution in [0, 0.1) is 0 Å². The fourth-order valence-electron chi connectivity index (χ4n) is 3.10. The molecule has 0 aliphatic carbocycles. The summed E-state index contributed by atoms with van der Waals surface area (Å²) in [6.45, 7) is 7.73. The number of carboxylic acid groups (broad SMARTS) is 1. The van der Waals surface area contributed by atoms with Gasteiger partial charge in [-0.2, -0.15) is 0 Å². The zero-order valence-corrected chi connectivity index (χ0v) is 11.4. The van der Waals surface area contributed by atoms with Gasteiger partial charge in [0.15, 0.2) is 5.79 Å². The highest BCUT2D eigenvalue weighted by Gasteiger charge is 2.48. The van der Waals surface area contributed by atoms with Crippen molar-refractivity contribution in [2.24, 2.45) is 0 Å². The van der Waals surface area contributed by atoms with Crippen molar-refractivity contribution in [2.75, 3.05) is 13.2 Å². The maximum atomic E-state index is 10.7. The molecule has 3 unspecified atom stereocenters.